The van der Waals surface area contributed by atoms with E-state index in [0.29, 0.717) is 5.56 Å². The summed E-state index contributed by atoms with van der Waals surface area (Å²) in [5.74, 6) is -0.420. The minimum absolute atomic E-state index is 0.0197. The molecule has 2 N–H and O–H groups in total. The molecule has 2 aromatic rings. The van der Waals surface area contributed by atoms with Crippen molar-refractivity contribution in [2.24, 2.45) is 7.05 Å². The molecule has 1 atom stereocenters. The summed E-state index contributed by atoms with van der Waals surface area (Å²) < 4.78 is 40.2. The Morgan fingerprint density at radius 1 is 1.40 bits per heavy atom. The van der Waals surface area contributed by atoms with Crippen LogP contribution in [-0.2, 0) is 17.1 Å². The van der Waals surface area contributed by atoms with E-state index in [1.54, 1.807) is 7.05 Å². The highest BCUT2D eigenvalue weighted by atomic mass is 32.2. The number of nitrogens with one attached hydrogen (secondary N) is 1. The van der Waals surface area contributed by atoms with Gasteiger partial charge < -0.3 is 5.11 Å². The first-order valence-electron chi connectivity index (χ1n) is 5.80. The van der Waals surface area contributed by atoms with Crippen LogP contribution in [0.25, 0.3) is 0 Å². The fourth-order valence-corrected chi connectivity index (χ4v) is 2.63. The van der Waals surface area contributed by atoms with Crippen molar-refractivity contribution < 1.29 is 17.9 Å². The van der Waals surface area contributed by atoms with Gasteiger partial charge in [-0.2, -0.15) is 5.10 Å². The second kappa shape index (κ2) is 5.70. The molecule has 0 aliphatic rings. The molecule has 0 amide bonds. The number of aromatic nitrogens is 2. The number of aliphatic hydroxyl groups excluding tert-OH is 1. The van der Waals surface area contributed by atoms with Gasteiger partial charge in [0.15, 0.2) is 0 Å². The predicted octanol–water partition coefficient (Wildman–Crippen LogP) is 0.571. The van der Waals surface area contributed by atoms with Crippen molar-refractivity contribution in [3.8, 4) is 0 Å². The number of aryl methyl sites for hydroxylation is 1. The van der Waals surface area contributed by atoms with Crippen LogP contribution in [0.1, 0.15) is 11.7 Å². The highest BCUT2D eigenvalue weighted by Crippen LogP contribution is 2.14. The highest BCUT2D eigenvalue weighted by Gasteiger charge is 2.18. The molecule has 2 rings (SSSR count). The van der Waals surface area contributed by atoms with Gasteiger partial charge in [0.25, 0.3) is 0 Å². The summed E-state index contributed by atoms with van der Waals surface area (Å²) in [6.45, 7) is -0.205. The molecule has 0 aliphatic heterocycles. The first-order valence-corrected chi connectivity index (χ1v) is 7.28. The van der Waals surface area contributed by atoms with Crippen molar-refractivity contribution in [3.05, 3.63) is 48.0 Å². The fourth-order valence-electron chi connectivity index (χ4n) is 1.61. The molecule has 0 bridgehead atoms. The lowest BCUT2D eigenvalue weighted by molar-refractivity contribution is 0.182. The standard InChI is InChI=1S/C12H14FN3O3S/c1-16-8-11(6-14-16)20(18,19)15-7-12(17)9-2-4-10(13)5-3-9/h2-6,8,12,15,17H,7H2,1H3. The molecule has 0 aliphatic carbocycles. The molecule has 0 spiro atoms. The van der Waals surface area contributed by atoms with E-state index >= 15 is 0 Å². The van der Waals surface area contributed by atoms with Crippen LogP contribution in [0.4, 0.5) is 4.39 Å². The van der Waals surface area contributed by atoms with Gasteiger partial charge in [0.2, 0.25) is 10.0 Å². The van der Waals surface area contributed by atoms with E-state index in [9.17, 15) is 17.9 Å². The van der Waals surface area contributed by atoms with E-state index in [-0.39, 0.29) is 11.4 Å². The lowest BCUT2D eigenvalue weighted by Gasteiger charge is -2.11. The normalized spacial score (nSPS) is 13.3. The first kappa shape index (κ1) is 14.6. The molecule has 8 heteroatoms. The summed E-state index contributed by atoms with van der Waals surface area (Å²) in [7, 11) is -2.11. The molecule has 0 radical (unpaired) electrons. The molecule has 1 aromatic heterocycles. The van der Waals surface area contributed by atoms with Crippen LogP contribution in [0.15, 0.2) is 41.6 Å². The minimum Gasteiger partial charge on any atom is -0.387 e. The molecule has 1 unspecified atom stereocenters. The van der Waals surface area contributed by atoms with E-state index in [1.807, 2.05) is 0 Å². The second-order valence-electron chi connectivity index (χ2n) is 4.27. The topological polar surface area (TPSA) is 84.2 Å². The van der Waals surface area contributed by atoms with Gasteiger partial charge in [0.05, 0.1) is 12.3 Å². The van der Waals surface area contributed by atoms with Crippen molar-refractivity contribution in [1.29, 1.82) is 0 Å². The van der Waals surface area contributed by atoms with Crippen LogP contribution in [0.3, 0.4) is 0 Å². The quantitative estimate of drug-likeness (QED) is 0.845. The Bertz CT molecular complexity index is 682. The summed E-state index contributed by atoms with van der Waals surface area (Å²) in [6, 6.07) is 5.21. The summed E-state index contributed by atoms with van der Waals surface area (Å²) in [5, 5.41) is 13.6. The van der Waals surface area contributed by atoms with Gasteiger partial charge in [-0.3, -0.25) is 4.68 Å². The fraction of sp³-hybridized carbons (Fsp3) is 0.250. The van der Waals surface area contributed by atoms with Gasteiger partial charge in [0, 0.05) is 19.8 Å². The number of halogens is 1. The van der Waals surface area contributed by atoms with Crippen molar-refractivity contribution in [1.82, 2.24) is 14.5 Å². The van der Waals surface area contributed by atoms with Crippen molar-refractivity contribution in [3.63, 3.8) is 0 Å². The van der Waals surface area contributed by atoms with Crippen LogP contribution in [0, 0.1) is 5.82 Å². The number of rotatable bonds is 5. The van der Waals surface area contributed by atoms with Crippen LogP contribution in [-0.4, -0.2) is 29.8 Å². The van der Waals surface area contributed by atoms with Crippen LogP contribution in [0.2, 0.25) is 0 Å². The summed E-state index contributed by atoms with van der Waals surface area (Å²) in [4.78, 5) is 0.0197. The average Bonchev–Trinajstić information content (AvgIpc) is 2.84. The third kappa shape index (κ3) is 3.41. The third-order valence-electron chi connectivity index (χ3n) is 2.71. The van der Waals surface area contributed by atoms with E-state index in [1.165, 1.54) is 41.3 Å². The molecule has 1 heterocycles. The molecule has 0 saturated heterocycles. The van der Waals surface area contributed by atoms with E-state index < -0.39 is 21.9 Å². The monoisotopic (exact) mass is 299 g/mol. The molecule has 108 valence electrons. The van der Waals surface area contributed by atoms with Gasteiger partial charge in [0.1, 0.15) is 10.7 Å². The second-order valence-corrected chi connectivity index (χ2v) is 6.04. The van der Waals surface area contributed by atoms with Gasteiger partial charge in [-0.1, -0.05) is 12.1 Å². The average molecular weight is 299 g/mol. The van der Waals surface area contributed by atoms with Gasteiger partial charge in [-0.15, -0.1) is 0 Å². The SMILES string of the molecule is Cn1cc(S(=O)(=O)NCC(O)c2ccc(F)cc2)cn1. The van der Waals surface area contributed by atoms with Gasteiger partial charge >= 0.3 is 0 Å². The predicted molar refractivity (Wildman–Crippen MR) is 69.8 cm³/mol. The van der Waals surface area contributed by atoms with Crippen LogP contribution < -0.4 is 4.72 Å². The van der Waals surface area contributed by atoms with Gasteiger partial charge in [-0.25, -0.2) is 17.5 Å². The van der Waals surface area contributed by atoms with Crippen molar-refractivity contribution in [2.45, 2.75) is 11.0 Å². The maximum absolute atomic E-state index is 12.7. The van der Waals surface area contributed by atoms with E-state index in [4.69, 9.17) is 0 Å². The summed E-state index contributed by atoms with van der Waals surface area (Å²) in [5.41, 5.74) is 0.431. The molecule has 6 nitrogen and oxygen atoms in total. The number of hydrogen-bond acceptors (Lipinski definition) is 4. The smallest absolute Gasteiger partial charge is 0.243 e. The summed E-state index contributed by atoms with van der Waals surface area (Å²) >= 11 is 0. The molecule has 0 saturated carbocycles. The minimum atomic E-state index is -3.72. The summed E-state index contributed by atoms with van der Waals surface area (Å²) in [6.07, 6.45) is 1.52. The van der Waals surface area contributed by atoms with E-state index in [2.05, 4.69) is 9.82 Å². The Balaban J connectivity index is 2.03. The maximum Gasteiger partial charge on any atom is 0.243 e. The van der Waals surface area contributed by atoms with Crippen LogP contribution in [0.5, 0.6) is 0 Å². The van der Waals surface area contributed by atoms with Gasteiger partial charge in [-0.05, 0) is 17.7 Å². The van der Waals surface area contributed by atoms with Crippen molar-refractivity contribution >= 4 is 10.0 Å². The zero-order chi connectivity index (χ0) is 14.8. The Morgan fingerprint density at radius 2 is 2.05 bits per heavy atom. The largest absolute Gasteiger partial charge is 0.387 e. The lowest BCUT2D eigenvalue weighted by atomic mass is 10.1. The lowest BCUT2D eigenvalue weighted by Crippen LogP contribution is -2.28. The van der Waals surface area contributed by atoms with E-state index in [0.717, 1.165) is 0 Å². The Hall–Kier alpha value is -1.77. The first-order chi connectivity index (χ1) is 9.38. The number of benzene rings is 1. The number of hydrogen-bond donors (Lipinski definition) is 2. The zero-order valence-corrected chi connectivity index (χ0v) is 11.5. The number of aliphatic hydroxyl groups is 1. The number of sulfonamides is 1. The molecule has 0 fully saturated rings. The molecule has 1 aromatic carbocycles. The maximum atomic E-state index is 12.7. The Morgan fingerprint density at radius 3 is 2.60 bits per heavy atom. The molecular formula is C12H14FN3O3S. The Kier molecular flexibility index (Phi) is 4.17. The third-order valence-corrected chi connectivity index (χ3v) is 4.09. The molecular weight excluding hydrogens is 285 g/mol. The van der Waals surface area contributed by atoms with Crippen LogP contribution >= 0.6 is 0 Å². The number of nitrogens with zero attached hydrogens (tertiary/aromatic N) is 2. The Labute approximate surface area is 115 Å². The molecule has 20 heavy (non-hydrogen) atoms. The highest BCUT2D eigenvalue weighted by molar-refractivity contribution is 7.89. The zero-order valence-electron chi connectivity index (χ0n) is 10.7. The van der Waals surface area contributed by atoms with Crippen molar-refractivity contribution in [2.75, 3.05) is 6.54 Å².